The molecular formula is C26H30BrN3O4. The number of ketones is 1. The van der Waals surface area contributed by atoms with Crippen LogP contribution in [0.15, 0.2) is 47.2 Å². The first-order valence-electron chi connectivity index (χ1n) is 11.6. The van der Waals surface area contributed by atoms with Gasteiger partial charge >= 0.3 is 6.09 Å². The molecule has 0 unspecified atom stereocenters. The molecule has 180 valence electrons. The van der Waals surface area contributed by atoms with Gasteiger partial charge < -0.3 is 15.2 Å². The zero-order valence-corrected chi connectivity index (χ0v) is 21.0. The molecule has 3 rings (SSSR count). The number of rotatable bonds is 13. The number of para-hydroxylation sites is 1. The van der Waals surface area contributed by atoms with Gasteiger partial charge in [-0.05, 0) is 44.0 Å². The van der Waals surface area contributed by atoms with Gasteiger partial charge in [-0.15, -0.1) is 0 Å². The van der Waals surface area contributed by atoms with Gasteiger partial charge in [0.25, 0.3) is 0 Å². The van der Waals surface area contributed by atoms with Gasteiger partial charge in [0.15, 0.2) is 5.78 Å². The van der Waals surface area contributed by atoms with E-state index in [-0.39, 0.29) is 11.5 Å². The number of hydrogen-bond acceptors (Lipinski definition) is 6. The molecule has 7 nitrogen and oxygen atoms in total. The lowest BCUT2D eigenvalue weighted by Crippen LogP contribution is -2.18. The van der Waals surface area contributed by atoms with Crippen molar-refractivity contribution in [3.05, 3.63) is 58.5 Å². The Kier molecular flexibility index (Phi) is 9.82. The monoisotopic (exact) mass is 527 g/mol. The fourth-order valence-corrected chi connectivity index (χ4v) is 4.26. The highest BCUT2D eigenvalue weighted by Crippen LogP contribution is 2.30. The number of nitrogens with zero attached hydrogens (tertiary/aromatic N) is 2. The van der Waals surface area contributed by atoms with Crippen LogP contribution in [-0.4, -0.2) is 28.5 Å². The molecule has 0 atom stereocenters. The number of unbranched alkanes of at least 4 members (excludes halogenated alkanes) is 6. The Labute approximate surface area is 208 Å². The second-order valence-corrected chi connectivity index (χ2v) is 9.09. The number of hydrogen-bond donors (Lipinski definition) is 1. The van der Waals surface area contributed by atoms with E-state index < -0.39 is 6.09 Å². The van der Waals surface area contributed by atoms with Crippen LogP contribution < -0.4 is 15.2 Å². The summed E-state index contributed by atoms with van der Waals surface area (Å²) in [5, 5.41) is 0.995. The van der Waals surface area contributed by atoms with Crippen LogP contribution in [0, 0.1) is 6.92 Å². The summed E-state index contributed by atoms with van der Waals surface area (Å²) in [6.07, 6.45) is 8.29. The minimum Gasteiger partial charge on any atom is -0.491 e. The van der Waals surface area contributed by atoms with Crippen molar-refractivity contribution in [3.63, 3.8) is 0 Å². The summed E-state index contributed by atoms with van der Waals surface area (Å²) < 4.78 is 11.9. The standard InChI is InChI=1S/C26H30BrN3O4/c1-18-21-15-19(27)16-24(25(21)30-17-29-18)33-14-10-6-4-2-3-5-7-12-22(31)20-11-8-9-13-23(20)34-26(28)32/h8-9,11,13,15-17H,2-7,10,12,14H2,1H3,(H2,28,32). The summed E-state index contributed by atoms with van der Waals surface area (Å²) in [7, 11) is 0. The van der Waals surface area contributed by atoms with Crippen molar-refractivity contribution in [1.82, 2.24) is 9.97 Å². The van der Waals surface area contributed by atoms with E-state index in [1.807, 2.05) is 19.1 Å². The zero-order chi connectivity index (χ0) is 24.3. The molecule has 0 bridgehead atoms. The van der Waals surface area contributed by atoms with Gasteiger partial charge in [0.1, 0.15) is 23.3 Å². The predicted octanol–water partition coefficient (Wildman–Crippen LogP) is 6.54. The van der Waals surface area contributed by atoms with E-state index >= 15 is 0 Å². The Morgan fingerprint density at radius 2 is 1.65 bits per heavy atom. The van der Waals surface area contributed by atoms with Crippen molar-refractivity contribution in [2.24, 2.45) is 5.73 Å². The molecule has 0 aliphatic rings. The van der Waals surface area contributed by atoms with E-state index in [1.54, 1.807) is 30.6 Å². The van der Waals surface area contributed by atoms with Crippen molar-refractivity contribution in [1.29, 1.82) is 0 Å². The second-order valence-electron chi connectivity index (χ2n) is 8.17. The number of aromatic nitrogens is 2. The second kappa shape index (κ2) is 13.0. The highest BCUT2D eigenvalue weighted by Gasteiger charge is 2.13. The number of carbonyl (C=O) groups is 2. The van der Waals surface area contributed by atoms with E-state index in [9.17, 15) is 9.59 Å². The molecule has 0 radical (unpaired) electrons. The Morgan fingerprint density at radius 1 is 0.941 bits per heavy atom. The van der Waals surface area contributed by atoms with E-state index in [0.29, 0.717) is 18.6 Å². The summed E-state index contributed by atoms with van der Waals surface area (Å²) in [6, 6.07) is 10.7. The number of ether oxygens (including phenoxy) is 2. The molecule has 2 N–H and O–H groups in total. The molecule has 1 aromatic heterocycles. The van der Waals surface area contributed by atoms with Crippen LogP contribution in [0.5, 0.6) is 11.5 Å². The SMILES string of the molecule is Cc1ncnc2c(OCCCCCCCCCC(=O)c3ccccc3OC(N)=O)cc(Br)cc12. The molecule has 0 fully saturated rings. The number of amides is 1. The largest absolute Gasteiger partial charge is 0.491 e. The maximum atomic E-state index is 12.4. The molecule has 34 heavy (non-hydrogen) atoms. The lowest BCUT2D eigenvalue weighted by Gasteiger charge is -2.10. The van der Waals surface area contributed by atoms with E-state index in [1.165, 1.54) is 0 Å². The first-order valence-corrected chi connectivity index (χ1v) is 12.4. The molecule has 0 saturated carbocycles. The van der Waals surface area contributed by atoms with Crippen molar-refractivity contribution < 1.29 is 19.1 Å². The van der Waals surface area contributed by atoms with Crippen molar-refractivity contribution in [2.75, 3.05) is 6.61 Å². The van der Waals surface area contributed by atoms with Crippen LogP contribution in [0.4, 0.5) is 4.79 Å². The van der Waals surface area contributed by atoms with Gasteiger partial charge in [-0.2, -0.15) is 0 Å². The average molecular weight is 528 g/mol. The molecular weight excluding hydrogens is 498 g/mol. The van der Waals surface area contributed by atoms with E-state index in [2.05, 4.69) is 25.9 Å². The Morgan fingerprint density at radius 3 is 2.41 bits per heavy atom. The number of nitrogens with two attached hydrogens (primary N) is 1. The highest BCUT2D eigenvalue weighted by molar-refractivity contribution is 9.10. The average Bonchev–Trinajstić information content (AvgIpc) is 2.80. The summed E-state index contributed by atoms with van der Waals surface area (Å²) in [4.78, 5) is 32.1. The van der Waals surface area contributed by atoms with Gasteiger partial charge in [-0.25, -0.2) is 14.8 Å². The van der Waals surface area contributed by atoms with Gasteiger partial charge in [0, 0.05) is 22.0 Å². The number of halogens is 1. The lowest BCUT2D eigenvalue weighted by molar-refractivity contribution is 0.0976. The highest BCUT2D eigenvalue weighted by atomic mass is 79.9. The minimum atomic E-state index is -0.917. The van der Waals surface area contributed by atoms with Crippen molar-refractivity contribution >= 4 is 38.7 Å². The first kappa shape index (κ1) is 25.6. The van der Waals surface area contributed by atoms with Crippen LogP contribution in [0.2, 0.25) is 0 Å². The Hall–Kier alpha value is -3.00. The number of fused-ring (bicyclic) bond motifs is 1. The third-order valence-corrected chi connectivity index (χ3v) is 6.03. The van der Waals surface area contributed by atoms with E-state index in [4.69, 9.17) is 15.2 Å². The molecule has 8 heteroatoms. The third kappa shape index (κ3) is 7.52. The third-order valence-electron chi connectivity index (χ3n) is 5.57. The fraction of sp³-hybridized carbons (Fsp3) is 0.385. The van der Waals surface area contributed by atoms with E-state index in [0.717, 1.165) is 71.8 Å². The molecule has 0 aliphatic carbocycles. The first-order chi connectivity index (χ1) is 16.5. The summed E-state index contributed by atoms with van der Waals surface area (Å²) >= 11 is 3.53. The van der Waals surface area contributed by atoms with Crippen molar-refractivity contribution in [2.45, 2.75) is 58.3 Å². The topological polar surface area (TPSA) is 104 Å². The van der Waals surface area contributed by atoms with Crippen LogP contribution in [0.3, 0.4) is 0 Å². The predicted molar refractivity (Wildman–Crippen MR) is 135 cm³/mol. The molecule has 1 amide bonds. The van der Waals surface area contributed by atoms with Crippen LogP contribution in [0.25, 0.3) is 10.9 Å². The number of benzene rings is 2. The Balaban J connectivity index is 1.29. The van der Waals surface area contributed by atoms with Crippen LogP contribution >= 0.6 is 15.9 Å². The minimum absolute atomic E-state index is 0.0328. The number of aryl methyl sites for hydroxylation is 1. The maximum Gasteiger partial charge on any atom is 0.409 e. The quantitative estimate of drug-likeness (QED) is 0.200. The molecule has 2 aromatic carbocycles. The number of Topliss-reactive ketones (excluding diaryl/α,β-unsaturated/α-hetero) is 1. The van der Waals surface area contributed by atoms with Crippen LogP contribution in [-0.2, 0) is 0 Å². The normalized spacial score (nSPS) is 10.9. The molecule has 3 aromatic rings. The Bertz CT molecular complexity index is 1140. The summed E-state index contributed by atoms with van der Waals surface area (Å²) in [5.74, 6) is 0.970. The molecule has 0 saturated heterocycles. The van der Waals surface area contributed by atoms with Gasteiger partial charge in [-0.1, -0.05) is 60.2 Å². The molecule has 0 spiro atoms. The van der Waals surface area contributed by atoms with Crippen molar-refractivity contribution in [3.8, 4) is 11.5 Å². The molecule has 0 aliphatic heterocycles. The molecule has 1 heterocycles. The number of carbonyl (C=O) groups excluding carboxylic acids is 2. The fourth-order valence-electron chi connectivity index (χ4n) is 3.82. The maximum absolute atomic E-state index is 12.4. The smallest absolute Gasteiger partial charge is 0.409 e. The number of primary amides is 1. The van der Waals surface area contributed by atoms with Gasteiger partial charge in [0.05, 0.1) is 12.2 Å². The summed E-state index contributed by atoms with van der Waals surface area (Å²) in [6.45, 7) is 2.61. The summed E-state index contributed by atoms with van der Waals surface area (Å²) in [5.41, 5.74) is 7.24. The van der Waals surface area contributed by atoms with Gasteiger partial charge in [0.2, 0.25) is 0 Å². The zero-order valence-electron chi connectivity index (χ0n) is 19.4. The lowest BCUT2D eigenvalue weighted by atomic mass is 10.0. The van der Waals surface area contributed by atoms with Gasteiger partial charge in [-0.3, -0.25) is 4.79 Å². The van der Waals surface area contributed by atoms with Crippen LogP contribution in [0.1, 0.15) is 67.4 Å².